The van der Waals surface area contributed by atoms with Crippen LogP contribution in [0.25, 0.3) is 10.6 Å². The number of aryl methyl sites for hydroxylation is 1. The van der Waals surface area contributed by atoms with E-state index in [1.54, 1.807) is 6.07 Å². The van der Waals surface area contributed by atoms with Crippen molar-refractivity contribution in [3.8, 4) is 10.6 Å². The Labute approximate surface area is 122 Å². The van der Waals surface area contributed by atoms with Crippen LogP contribution in [0, 0.1) is 6.92 Å². The number of carboxylic acids is 1. The zero-order valence-electron chi connectivity index (χ0n) is 9.41. The van der Waals surface area contributed by atoms with Crippen molar-refractivity contribution in [1.29, 1.82) is 0 Å². The van der Waals surface area contributed by atoms with Crippen LogP contribution < -0.4 is 0 Å². The molecule has 18 heavy (non-hydrogen) atoms. The average molecular weight is 347 g/mol. The van der Waals surface area contributed by atoms with Gasteiger partial charge in [-0.3, -0.25) is 4.79 Å². The average Bonchev–Trinajstić information content (AvgIpc) is 2.63. The second-order valence-corrected chi connectivity index (χ2v) is 6.07. The summed E-state index contributed by atoms with van der Waals surface area (Å²) >= 11 is 10.7. The van der Waals surface area contributed by atoms with Gasteiger partial charge in [0.05, 0.1) is 17.1 Å². The van der Waals surface area contributed by atoms with Crippen LogP contribution >= 0.6 is 38.9 Å². The highest BCUT2D eigenvalue weighted by Gasteiger charge is 2.12. The summed E-state index contributed by atoms with van der Waals surface area (Å²) in [4.78, 5) is 15.9. The van der Waals surface area contributed by atoms with Gasteiger partial charge in [-0.2, -0.15) is 0 Å². The summed E-state index contributed by atoms with van der Waals surface area (Å²) < 4.78 is 0.800. The second kappa shape index (κ2) is 5.38. The van der Waals surface area contributed by atoms with Crippen LogP contribution in [0.1, 0.15) is 10.6 Å². The minimum atomic E-state index is -0.842. The Bertz CT molecular complexity index is 612. The van der Waals surface area contributed by atoms with Crippen molar-refractivity contribution in [2.75, 3.05) is 0 Å². The van der Waals surface area contributed by atoms with Gasteiger partial charge >= 0.3 is 5.97 Å². The molecule has 1 aromatic carbocycles. The molecule has 6 heteroatoms. The van der Waals surface area contributed by atoms with Crippen LogP contribution in [0.4, 0.5) is 0 Å². The largest absolute Gasteiger partial charge is 0.481 e. The normalized spacial score (nSPS) is 10.6. The third-order valence-electron chi connectivity index (χ3n) is 2.37. The van der Waals surface area contributed by atoms with Crippen molar-refractivity contribution in [1.82, 2.24) is 4.98 Å². The molecule has 0 aliphatic carbocycles. The number of carbonyl (C=O) groups is 1. The lowest BCUT2D eigenvalue weighted by molar-refractivity contribution is -0.136. The smallest absolute Gasteiger partial charge is 0.308 e. The van der Waals surface area contributed by atoms with E-state index in [9.17, 15) is 4.79 Å². The van der Waals surface area contributed by atoms with E-state index < -0.39 is 5.97 Å². The Kier molecular flexibility index (Phi) is 4.04. The Morgan fingerprint density at radius 3 is 2.89 bits per heavy atom. The molecule has 0 fully saturated rings. The molecule has 0 radical (unpaired) electrons. The molecule has 0 amide bonds. The zero-order valence-corrected chi connectivity index (χ0v) is 12.6. The maximum absolute atomic E-state index is 10.7. The summed E-state index contributed by atoms with van der Waals surface area (Å²) in [7, 11) is 0. The van der Waals surface area contributed by atoms with Crippen LogP contribution in [0.3, 0.4) is 0 Å². The predicted molar refractivity (Wildman–Crippen MR) is 76.3 cm³/mol. The maximum Gasteiger partial charge on any atom is 0.308 e. The molecular weight excluding hydrogens is 338 g/mol. The first kappa shape index (κ1) is 13.5. The number of halogens is 2. The fraction of sp³-hybridized carbons (Fsp3) is 0.167. The number of benzene rings is 1. The molecule has 1 N–H and O–H groups in total. The van der Waals surface area contributed by atoms with Gasteiger partial charge in [-0.15, -0.1) is 11.3 Å². The first-order valence-electron chi connectivity index (χ1n) is 5.11. The van der Waals surface area contributed by atoms with Gasteiger partial charge in [-0.25, -0.2) is 4.98 Å². The second-order valence-electron chi connectivity index (χ2n) is 3.73. The van der Waals surface area contributed by atoms with E-state index in [1.165, 1.54) is 11.3 Å². The van der Waals surface area contributed by atoms with E-state index in [0.29, 0.717) is 5.02 Å². The summed E-state index contributed by atoms with van der Waals surface area (Å²) in [5, 5.41) is 10.2. The zero-order chi connectivity index (χ0) is 13.3. The lowest BCUT2D eigenvalue weighted by Gasteiger charge is -1.99. The Morgan fingerprint density at radius 1 is 1.56 bits per heavy atom. The van der Waals surface area contributed by atoms with Gasteiger partial charge in [0.2, 0.25) is 0 Å². The van der Waals surface area contributed by atoms with Crippen LogP contribution in [-0.2, 0) is 11.2 Å². The Morgan fingerprint density at radius 2 is 2.28 bits per heavy atom. The Balaban J connectivity index is 2.39. The van der Waals surface area contributed by atoms with Crippen molar-refractivity contribution >= 4 is 44.8 Å². The summed E-state index contributed by atoms with van der Waals surface area (Å²) in [6.45, 7) is 1.82. The number of thiazole rings is 1. The van der Waals surface area contributed by atoms with Gasteiger partial charge in [0.15, 0.2) is 0 Å². The molecule has 0 atom stereocenters. The molecule has 0 saturated carbocycles. The van der Waals surface area contributed by atoms with Gasteiger partial charge in [0.25, 0.3) is 0 Å². The number of nitrogens with zero attached hydrogens (tertiary/aromatic N) is 1. The predicted octanol–water partition coefficient (Wildman–Crippen LogP) is 4.16. The lowest BCUT2D eigenvalue weighted by atomic mass is 10.2. The highest BCUT2D eigenvalue weighted by Crippen LogP contribution is 2.32. The topological polar surface area (TPSA) is 50.2 Å². The highest BCUT2D eigenvalue weighted by molar-refractivity contribution is 9.10. The molecule has 2 aromatic rings. The molecule has 0 unspecified atom stereocenters. The molecule has 1 heterocycles. The molecule has 94 valence electrons. The molecule has 0 aliphatic rings. The molecule has 2 rings (SSSR count). The van der Waals surface area contributed by atoms with E-state index in [1.807, 2.05) is 19.1 Å². The van der Waals surface area contributed by atoms with Gasteiger partial charge in [0, 0.05) is 14.9 Å². The third-order valence-corrected chi connectivity index (χ3v) is 4.79. The van der Waals surface area contributed by atoms with E-state index in [-0.39, 0.29) is 6.42 Å². The fourth-order valence-electron chi connectivity index (χ4n) is 1.48. The number of hydrogen-bond acceptors (Lipinski definition) is 3. The van der Waals surface area contributed by atoms with Crippen LogP contribution in [0.5, 0.6) is 0 Å². The van der Waals surface area contributed by atoms with Crippen molar-refractivity contribution in [2.45, 2.75) is 13.3 Å². The van der Waals surface area contributed by atoms with Crippen molar-refractivity contribution in [3.05, 3.63) is 38.3 Å². The van der Waals surface area contributed by atoms with E-state index in [4.69, 9.17) is 16.7 Å². The van der Waals surface area contributed by atoms with E-state index >= 15 is 0 Å². The van der Waals surface area contributed by atoms with E-state index in [0.717, 1.165) is 25.6 Å². The molecule has 0 bridgehead atoms. The van der Waals surface area contributed by atoms with E-state index in [2.05, 4.69) is 20.9 Å². The molecule has 0 spiro atoms. The quantitative estimate of drug-likeness (QED) is 0.908. The minimum absolute atomic E-state index is 0.0122. The van der Waals surface area contributed by atoms with Crippen LogP contribution in [0.2, 0.25) is 5.02 Å². The lowest BCUT2D eigenvalue weighted by Crippen LogP contribution is -1.99. The van der Waals surface area contributed by atoms with Gasteiger partial charge in [-0.1, -0.05) is 17.7 Å². The number of aliphatic carboxylic acids is 1. The monoisotopic (exact) mass is 345 g/mol. The molecule has 0 saturated heterocycles. The summed E-state index contributed by atoms with van der Waals surface area (Å²) in [6.07, 6.45) is 0.0122. The molecular formula is C12H9BrClNO2S. The van der Waals surface area contributed by atoms with Crippen molar-refractivity contribution < 1.29 is 9.90 Å². The minimum Gasteiger partial charge on any atom is -0.481 e. The Hall–Kier alpha value is -0.910. The SMILES string of the molecule is Cc1nc(-c2ccc(Cl)c(Br)c2)sc1CC(=O)O. The standard InChI is InChI=1S/C12H9BrClNO2S/c1-6-10(5-11(16)17)18-12(15-6)7-2-3-9(14)8(13)4-7/h2-4H,5H2,1H3,(H,16,17). The van der Waals surface area contributed by atoms with Gasteiger partial charge in [-0.05, 0) is 35.0 Å². The third kappa shape index (κ3) is 2.91. The molecule has 1 aromatic heterocycles. The number of hydrogen-bond donors (Lipinski definition) is 1. The number of carboxylic acid groups (broad SMARTS) is 1. The molecule has 0 aliphatic heterocycles. The van der Waals surface area contributed by atoms with Crippen molar-refractivity contribution in [2.24, 2.45) is 0 Å². The van der Waals surface area contributed by atoms with Crippen LogP contribution in [0.15, 0.2) is 22.7 Å². The summed E-state index contributed by atoms with van der Waals surface area (Å²) in [5.74, 6) is -0.842. The van der Waals surface area contributed by atoms with Crippen LogP contribution in [-0.4, -0.2) is 16.1 Å². The highest BCUT2D eigenvalue weighted by atomic mass is 79.9. The summed E-state index contributed by atoms with van der Waals surface area (Å²) in [5.41, 5.74) is 1.69. The van der Waals surface area contributed by atoms with Gasteiger partial charge < -0.3 is 5.11 Å². The first-order chi connectivity index (χ1) is 8.47. The van der Waals surface area contributed by atoms with Crippen molar-refractivity contribution in [3.63, 3.8) is 0 Å². The fourth-order valence-corrected chi connectivity index (χ4v) is 3.03. The first-order valence-corrected chi connectivity index (χ1v) is 7.09. The number of rotatable bonds is 3. The maximum atomic E-state index is 10.7. The number of aromatic nitrogens is 1. The summed E-state index contributed by atoms with van der Waals surface area (Å²) in [6, 6.07) is 5.54. The van der Waals surface area contributed by atoms with Gasteiger partial charge in [0.1, 0.15) is 5.01 Å². The molecule has 3 nitrogen and oxygen atoms in total.